The van der Waals surface area contributed by atoms with E-state index in [0.717, 1.165) is 29.2 Å². The largest absolute Gasteiger partial charge is 0.342 e. The molecule has 0 aliphatic carbocycles. The molecule has 2 rings (SSSR count). The highest BCUT2D eigenvalue weighted by Gasteiger charge is 2.16. The average molecular weight is 229 g/mol. The van der Waals surface area contributed by atoms with Gasteiger partial charge in [-0.1, -0.05) is 30.3 Å². The maximum Gasteiger partial charge on any atom is 0.137 e. The molecule has 3 nitrogen and oxygen atoms in total. The number of benzene rings is 1. The van der Waals surface area contributed by atoms with Crippen LogP contribution in [0.5, 0.6) is 0 Å². The molecule has 0 amide bonds. The molecular formula is C14H19N3. The zero-order valence-corrected chi connectivity index (χ0v) is 10.6. The molecule has 0 radical (unpaired) electrons. The van der Waals surface area contributed by atoms with Gasteiger partial charge in [-0.25, -0.2) is 4.98 Å². The molecule has 17 heavy (non-hydrogen) atoms. The quantitative estimate of drug-likeness (QED) is 0.850. The molecule has 3 heteroatoms. The number of aryl methyl sites for hydroxylation is 1. The third-order valence-electron chi connectivity index (χ3n) is 2.66. The Labute approximate surface area is 102 Å². The molecule has 0 unspecified atom stereocenters. The van der Waals surface area contributed by atoms with Crippen LogP contribution in [-0.2, 0) is 6.42 Å². The Morgan fingerprint density at radius 2 is 1.88 bits per heavy atom. The third kappa shape index (κ3) is 2.94. The SMILES string of the molecule is Cc1[nH]c(-c2ccccc2)nc1CC(C)(C)N. The van der Waals surface area contributed by atoms with Crippen molar-refractivity contribution in [2.75, 3.05) is 0 Å². The molecule has 0 atom stereocenters. The first-order valence-corrected chi connectivity index (χ1v) is 5.85. The molecule has 1 aromatic carbocycles. The van der Waals surface area contributed by atoms with E-state index < -0.39 is 0 Å². The number of rotatable bonds is 3. The summed E-state index contributed by atoms with van der Waals surface area (Å²) in [6.07, 6.45) is 0.780. The van der Waals surface area contributed by atoms with Gasteiger partial charge in [0.25, 0.3) is 0 Å². The van der Waals surface area contributed by atoms with Crippen molar-refractivity contribution in [1.82, 2.24) is 9.97 Å². The fourth-order valence-electron chi connectivity index (χ4n) is 1.83. The Bertz CT molecular complexity index is 492. The molecular weight excluding hydrogens is 210 g/mol. The summed E-state index contributed by atoms with van der Waals surface area (Å²) in [5.74, 6) is 0.919. The van der Waals surface area contributed by atoms with Gasteiger partial charge in [-0.05, 0) is 20.8 Å². The van der Waals surface area contributed by atoms with Crippen molar-refractivity contribution in [3.8, 4) is 11.4 Å². The van der Waals surface area contributed by atoms with E-state index in [0.29, 0.717) is 0 Å². The maximum absolute atomic E-state index is 6.03. The number of H-pyrrole nitrogens is 1. The lowest BCUT2D eigenvalue weighted by atomic mass is 9.99. The normalized spacial score (nSPS) is 11.8. The summed E-state index contributed by atoms with van der Waals surface area (Å²) in [5, 5.41) is 0. The van der Waals surface area contributed by atoms with E-state index in [-0.39, 0.29) is 5.54 Å². The number of nitrogens with two attached hydrogens (primary N) is 1. The van der Waals surface area contributed by atoms with E-state index in [1.807, 2.05) is 39.0 Å². The molecule has 0 spiro atoms. The minimum absolute atomic E-state index is 0.228. The fourth-order valence-corrected chi connectivity index (χ4v) is 1.83. The topological polar surface area (TPSA) is 54.7 Å². The maximum atomic E-state index is 6.03. The van der Waals surface area contributed by atoms with E-state index >= 15 is 0 Å². The minimum atomic E-state index is -0.228. The molecule has 90 valence electrons. The summed E-state index contributed by atoms with van der Waals surface area (Å²) in [6.45, 7) is 6.08. The second kappa shape index (κ2) is 4.34. The van der Waals surface area contributed by atoms with E-state index in [2.05, 4.69) is 22.1 Å². The standard InChI is InChI=1S/C14H19N3/c1-10-12(9-14(2,3)15)17-13(16-10)11-7-5-4-6-8-11/h4-8H,9,15H2,1-3H3,(H,16,17). The van der Waals surface area contributed by atoms with Crippen molar-refractivity contribution in [3.63, 3.8) is 0 Å². The van der Waals surface area contributed by atoms with Crippen molar-refractivity contribution in [2.45, 2.75) is 32.7 Å². The van der Waals surface area contributed by atoms with E-state index in [1.54, 1.807) is 0 Å². The fraction of sp³-hybridized carbons (Fsp3) is 0.357. The second-order valence-corrected chi connectivity index (χ2v) is 5.19. The van der Waals surface area contributed by atoms with Gasteiger partial charge in [0.1, 0.15) is 5.82 Å². The van der Waals surface area contributed by atoms with Crippen molar-refractivity contribution in [2.24, 2.45) is 5.73 Å². The van der Waals surface area contributed by atoms with Gasteiger partial charge in [0.05, 0.1) is 5.69 Å². The van der Waals surface area contributed by atoms with Gasteiger partial charge in [0.2, 0.25) is 0 Å². The van der Waals surface area contributed by atoms with Crippen LogP contribution in [0.1, 0.15) is 25.2 Å². The summed E-state index contributed by atoms with van der Waals surface area (Å²) in [4.78, 5) is 7.95. The highest BCUT2D eigenvalue weighted by molar-refractivity contribution is 5.55. The van der Waals surface area contributed by atoms with Crippen LogP contribution in [0.4, 0.5) is 0 Å². The summed E-state index contributed by atoms with van der Waals surface area (Å²) in [5.41, 5.74) is 9.06. The smallest absolute Gasteiger partial charge is 0.137 e. The number of hydrogen-bond donors (Lipinski definition) is 2. The molecule has 0 fully saturated rings. The van der Waals surface area contributed by atoms with Crippen LogP contribution in [0.25, 0.3) is 11.4 Å². The zero-order chi connectivity index (χ0) is 12.5. The minimum Gasteiger partial charge on any atom is -0.342 e. The number of aromatic amines is 1. The van der Waals surface area contributed by atoms with Crippen molar-refractivity contribution >= 4 is 0 Å². The van der Waals surface area contributed by atoms with Gasteiger partial charge < -0.3 is 10.7 Å². The Kier molecular flexibility index (Phi) is 3.03. The lowest BCUT2D eigenvalue weighted by Gasteiger charge is -2.16. The van der Waals surface area contributed by atoms with Gasteiger partial charge in [0, 0.05) is 23.2 Å². The van der Waals surface area contributed by atoms with Gasteiger partial charge in [-0.3, -0.25) is 0 Å². The molecule has 1 aromatic heterocycles. The first kappa shape index (κ1) is 11.9. The number of hydrogen-bond acceptors (Lipinski definition) is 2. The predicted octanol–water partition coefficient (Wildman–Crippen LogP) is 2.66. The molecule has 3 N–H and O–H groups in total. The predicted molar refractivity (Wildman–Crippen MR) is 70.7 cm³/mol. The van der Waals surface area contributed by atoms with E-state index in [1.165, 1.54) is 0 Å². The lowest BCUT2D eigenvalue weighted by Crippen LogP contribution is -2.34. The van der Waals surface area contributed by atoms with E-state index in [4.69, 9.17) is 5.73 Å². The van der Waals surface area contributed by atoms with Crippen LogP contribution in [0, 0.1) is 6.92 Å². The molecule has 0 aliphatic heterocycles. The molecule has 0 saturated heterocycles. The van der Waals surface area contributed by atoms with Crippen molar-refractivity contribution in [3.05, 3.63) is 41.7 Å². The Morgan fingerprint density at radius 3 is 2.47 bits per heavy atom. The zero-order valence-electron chi connectivity index (χ0n) is 10.6. The second-order valence-electron chi connectivity index (χ2n) is 5.19. The number of nitrogens with one attached hydrogen (secondary N) is 1. The first-order chi connectivity index (χ1) is 7.96. The highest BCUT2D eigenvalue weighted by atomic mass is 14.9. The number of nitrogens with zero attached hydrogens (tertiary/aromatic N) is 1. The van der Waals surface area contributed by atoms with Crippen molar-refractivity contribution in [1.29, 1.82) is 0 Å². The number of aromatic nitrogens is 2. The lowest BCUT2D eigenvalue weighted by molar-refractivity contribution is 0.510. The Balaban J connectivity index is 2.31. The Hall–Kier alpha value is -1.61. The summed E-state index contributed by atoms with van der Waals surface area (Å²) in [7, 11) is 0. The summed E-state index contributed by atoms with van der Waals surface area (Å²) in [6, 6.07) is 10.1. The van der Waals surface area contributed by atoms with Crippen LogP contribution in [0.15, 0.2) is 30.3 Å². The molecule has 0 bridgehead atoms. The summed E-state index contributed by atoms with van der Waals surface area (Å²) >= 11 is 0. The van der Waals surface area contributed by atoms with Crippen LogP contribution in [0.3, 0.4) is 0 Å². The molecule has 1 heterocycles. The third-order valence-corrected chi connectivity index (χ3v) is 2.66. The molecule has 2 aromatic rings. The van der Waals surface area contributed by atoms with Crippen LogP contribution >= 0.6 is 0 Å². The summed E-state index contributed by atoms with van der Waals surface area (Å²) < 4.78 is 0. The average Bonchev–Trinajstić information content (AvgIpc) is 2.59. The van der Waals surface area contributed by atoms with Gasteiger partial charge in [-0.15, -0.1) is 0 Å². The van der Waals surface area contributed by atoms with Gasteiger partial charge in [-0.2, -0.15) is 0 Å². The first-order valence-electron chi connectivity index (χ1n) is 5.85. The Morgan fingerprint density at radius 1 is 1.24 bits per heavy atom. The van der Waals surface area contributed by atoms with Gasteiger partial charge in [0.15, 0.2) is 0 Å². The monoisotopic (exact) mass is 229 g/mol. The highest BCUT2D eigenvalue weighted by Crippen LogP contribution is 2.19. The number of imidazole rings is 1. The molecule has 0 aliphatic rings. The molecule has 0 saturated carbocycles. The van der Waals surface area contributed by atoms with Gasteiger partial charge >= 0.3 is 0 Å². The van der Waals surface area contributed by atoms with Crippen LogP contribution in [0.2, 0.25) is 0 Å². The van der Waals surface area contributed by atoms with Crippen LogP contribution < -0.4 is 5.73 Å². The van der Waals surface area contributed by atoms with E-state index in [9.17, 15) is 0 Å². The van der Waals surface area contributed by atoms with Crippen LogP contribution in [-0.4, -0.2) is 15.5 Å². The van der Waals surface area contributed by atoms with Crippen molar-refractivity contribution < 1.29 is 0 Å².